The van der Waals surface area contributed by atoms with Gasteiger partial charge in [0.05, 0.1) is 0 Å². The summed E-state index contributed by atoms with van der Waals surface area (Å²) in [6.45, 7) is 1.85. The minimum Gasteiger partial charge on any atom is -0.476 e. The minimum absolute atomic E-state index is 0.0166. The van der Waals surface area contributed by atoms with Crippen molar-refractivity contribution in [3.8, 4) is 0 Å². The molecule has 1 fully saturated rings. The summed E-state index contributed by atoms with van der Waals surface area (Å²) in [5.41, 5.74) is -0.0166. The fourth-order valence-corrected chi connectivity index (χ4v) is 1.98. The second-order valence-corrected chi connectivity index (χ2v) is 4.43. The van der Waals surface area contributed by atoms with Gasteiger partial charge in [0.1, 0.15) is 0 Å². The van der Waals surface area contributed by atoms with E-state index >= 15 is 0 Å². The third-order valence-electron chi connectivity index (χ3n) is 3.09. The number of hydrogen-bond donors (Lipinski definition) is 1. The van der Waals surface area contributed by atoms with Crippen molar-refractivity contribution < 1.29 is 9.90 Å². The summed E-state index contributed by atoms with van der Waals surface area (Å²) in [5.74, 6) is -0.295. The molecule has 0 bridgehead atoms. The molecule has 1 atom stereocenters. The van der Waals surface area contributed by atoms with Gasteiger partial charge in [-0.3, -0.25) is 0 Å². The van der Waals surface area contributed by atoms with Crippen molar-refractivity contribution in [2.75, 3.05) is 32.1 Å². The molecule has 6 heteroatoms. The molecule has 0 spiro atoms. The van der Waals surface area contributed by atoms with E-state index in [4.69, 9.17) is 5.11 Å². The molecule has 1 aromatic heterocycles. The average Bonchev–Trinajstić information content (AvgIpc) is 2.78. The zero-order chi connectivity index (χ0) is 12.4. The maximum Gasteiger partial charge on any atom is 0.356 e. The number of carboxylic acids is 1. The Morgan fingerprint density at radius 2 is 2.24 bits per heavy atom. The lowest BCUT2D eigenvalue weighted by Crippen LogP contribution is -2.31. The van der Waals surface area contributed by atoms with E-state index < -0.39 is 5.97 Å². The van der Waals surface area contributed by atoms with Gasteiger partial charge in [-0.05, 0) is 32.6 Å². The summed E-state index contributed by atoms with van der Waals surface area (Å²) in [7, 11) is 4.13. The van der Waals surface area contributed by atoms with Gasteiger partial charge in [-0.25, -0.2) is 4.79 Å². The number of anilines is 1. The van der Waals surface area contributed by atoms with Crippen molar-refractivity contribution >= 4 is 11.8 Å². The van der Waals surface area contributed by atoms with E-state index in [1.165, 1.54) is 6.07 Å². The SMILES string of the molecule is CN(C)C1CCN(c2ccc(C(=O)O)nn2)C1. The fourth-order valence-electron chi connectivity index (χ4n) is 1.98. The lowest BCUT2D eigenvalue weighted by atomic mass is 10.2. The van der Waals surface area contributed by atoms with Crippen molar-refractivity contribution in [3.05, 3.63) is 17.8 Å². The highest BCUT2D eigenvalue weighted by Crippen LogP contribution is 2.19. The summed E-state index contributed by atoms with van der Waals surface area (Å²) < 4.78 is 0. The maximum absolute atomic E-state index is 10.7. The molecule has 92 valence electrons. The van der Waals surface area contributed by atoms with Crippen LogP contribution in [-0.2, 0) is 0 Å². The van der Waals surface area contributed by atoms with E-state index in [0.717, 1.165) is 25.3 Å². The first-order valence-electron chi connectivity index (χ1n) is 5.56. The van der Waals surface area contributed by atoms with Crippen molar-refractivity contribution in [1.82, 2.24) is 15.1 Å². The van der Waals surface area contributed by atoms with Gasteiger partial charge >= 0.3 is 5.97 Å². The number of aromatic nitrogens is 2. The zero-order valence-corrected chi connectivity index (χ0v) is 10.00. The Morgan fingerprint density at radius 1 is 1.47 bits per heavy atom. The molecular formula is C11H16N4O2. The molecule has 1 saturated heterocycles. The van der Waals surface area contributed by atoms with Crippen molar-refractivity contribution in [2.24, 2.45) is 0 Å². The molecule has 0 aliphatic carbocycles. The van der Waals surface area contributed by atoms with E-state index in [-0.39, 0.29) is 5.69 Å². The molecule has 6 nitrogen and oxygen atoms in total. The standard InChI is InChI=1S/C11H16N4O2/c1-14(2)8-5-6-15(7-8)10-4-3-9(11(16)17)12-13-10/h3-4,8H,5-7H2,1-2H3,(H,16,17). The van der Waals surface area contributed by atoms with E-state index in [1.807, 2.05) is 0 Å². The molecule has 0 aromatic carbocycles. The molecule has 1 unspecified atom stereocenters. The highest BCUT2D eigenvalue weighted by atomic mass is 16.4. The molecule has 1 aliphatic heterocycles. The summed E-state index contributed by atoms with van der Waals surface area (Å²) in [6.07, 6.45) is 1.09. The van der Waals surface area contributed by atoms with Gasteiger partial charge in [0.25, 0.3) is 0 Å². The molecule has 1 aromatic rings. The van der Waals surface area contributed by atoms with Gasteiger partial charge in [-0.15, -0.1) is 10.2 Å². The average molecular weight is 236 g/mol. The summed E-state index contributed by atoms with van der Waals surface area (Å²) >= 11 is 0. The van der Waals surface area contributed by atoms with E-state index in [1.54, 1.807) is 6.07 Å². The third kappa shape index (κ3) is 2.52. The van der Waals surface area contributed by atoms with Crippen LogP contribution < -0.4 is 4.90 Å². The third-order valence-corrected chi connectivity index (χ3v) is 3.09. The van der Waals surface area contributed by atoms with Crippen LogP contribution >= 0.6 is 0 Å². The van der Waals surface area contributed by atoms with E-state index in [0.29, 0.717) is 6.04 Å². The molecule has 17 heavy (non-hydrogen) atoms. The van der Waals surface area contributed by atoms with Crippen LogP contribution in [0.2, 0.25) is 0 Å². The number of nitrogens with zero attached hydrogens (tertiary/aromatic N) is 4. The normalized spacial score (nSPS) is 19.9. The Labute approximate surface area is 99.9 Å². The van der Waals surface area contributed by atoms with E-state index in [2.05, 4.69) is 34.1 Å². The number of hydrogen-bond acceptors (Lipinski definition) is 5. The highest BCUT2D eigenvalue weighted by molar-refractivity contribution is 5.85. The number of carboxylic acid groups (broad SMARTS) is 1. The highest BCUT2D eigenvalue weighted by Gasteiger charge is 2.25. The molecule has 1 aliphatic rings. The largest absolute Gasteiger partial charge is 0.476 e. The van der Waals surface area contributed by atoms with Gasteiger partial charge < -0.3 is 14.9 Å². The topological polar surface area (TPSA) is 69.6 Å². The number of carbonyl (C=O) groups is 1. The molecule has 0 saturated carbocycles. The second kappa shape index (κ2) is 4.67. The quantitative estimate of drug-likeness (QED) is 0.814. The Kier molecular flexibility index (Phi) is 3.23. The first-order valence-corrected chi connectivity index (χ1v) is 5.56. The van der Waals surface area contributed by atoms with Crippen LogP contribution in [0.3, 0.4) is 0 Å². The van der Waals surface area contributed by atoms with Crippen molar-refractivity contribution in [2.45, 2.75) is 12.5 Å². The molecule has 2 heterocycles. The Bertz CT molecular complexity index is 404. The van der Waals surface area contributed by atoms with Gasteiger partial charge in [-0.1, -0.05) is 0 Å². The van der Waals surface area contributed by atoms with Crippen LogP contribution in [0.15, 0.2) is 12.1 Å². The van der Waals surface area contributed by atoms with Crippen LogP contribution in [0.4, 0.5) is 5.82 Å². The Balaban J connectivity index is 2.06. The number of aromatic carboxylic acids is 1. The molecule has 0 radical (unpaired) electrons. The predicted octanol–water partition coefficient (Wildman–Crippen LogP) is 0.315. The summed E-state index contributed by atoms with van der Waals surface area (Å²) in [5, 5.41) is 16.4. The van der Waals surface area contributed by atoms with Crippen LogP contribution in [0.25, 0.3) is 0 Å². The van der Waals surface area contributed by atoms with Crippen molar-refractivity contribution in [3.63, 3.8) is 0 Å². The Hall–Kier alpha value is -1.69. The van der Waals surface area contributed by atoms with Gasteiger partial charge in [-0.2, -0.15) is 0 Å². The summed E-state index contributed by atoms with van der Waals surface area (Å²) in [4.78, 5) is 15.0. The van der Waals surface area contributed by atoms with Crippen LogP contribution in [-0.4, -0.2) is 59.4 Å². The molecule has 0 amide bonds. The maximum atomic E-state index is 10.7. The fraction of sp³-hybridized carbons (Fsp3) is 0.545. The lowest BCUT2D eigenvalue weighted by Gasteiger charge is -2.20. The van der Waals surface area contributed by atoms with E-state index in [9.17, 15) is 4.79 Å². The lowest BCUT2D eigenvalue weighted by molar-refractivity contribution is 0.0689. The predicted molar refractivity (Wildman–Crippen MR) is 63.3 cm³/mol. The smallest absolute Gasteiger partial charge is 0.356 e. The van der Waals surface area contributed by atoms with Crippen LogP contribution in [0.1, 0.15) is 16.9 Å². The minimum atomic E-state index is -1.04. The zero-order valence-electron chi connectivity index (χ0n) is 10.00. The molecular weight excluding hydrogens is 220 g/mol. The van der Waals surface area contributed by atoms with Crippen LogP contribution in [0, 0.1) is 0 Å². The van der Waals surface area contributed by atoms with Gasteiger partial charge in [0.2, 0.25) is 0 Å². The molecule has 1 N–H and O–H groups in total. The van der Waals surface area contributed by atoms with Crippen molar-refractivity contribution in [1.29, 1.82) is 0 Å². The van der Waals surface area contributed by atoms with Crippen LogP contribution in [0.5, 0.6) is 0 Å². The van der Waals surface area contributed by atoms with Gasteiger partial charge in [0, 0.05) is 19.1 Å². The first kappa shape index (κ1) is 11.8. The monoisotopic (exact) mass is 236 g/mol. The molecule has 2 rings (SSSR count). The number of rotatable bonds is 3. The Morgan fingerprint density at radius 3 is 2.71 bits per heavy atom. The first-order chi connectivity index (χ1) is 8.08. The van der Waals surface area contributed by atoms with Gasteiger partial charge in [0.15, 0.2) is 11.5 Å². The summed E-state index contributed by atoms with van der Waals surface area (Å²) in [6, 6.07) is 3.73. The number of likely N-dealkylation sites (N-methyl/N-ethyl adjacent to an activating group) is 1. The second-order valence-electron chi connectivity index (χ2n) is 4.43.